The van der Waals surface area contributed by atoms with Gasteiger partial charge in [-0.1, -0.05) is 81.4 Å². The molecule has 0 saturated carbocycles. The highest BCUT2D eigenvalue weighted by molar-refractivity contribution is 7.89. The largest absolute Gasteiger partial charge is 0.454 e. The van der Waals surface area contributed by atoms with E-state index in [9.17, 15) is 26.7 Å². The second-order valence-corrected chi connectivity index (χ2v) is 16.1. The molecule has 0 aliphatic carbocycles. The molecule has 1 amide bonds. The van der Waals surface area contributed by atoms with Crippen LogP contribution < -0.4 is 14.8 Å². The molecule has 0 aromatic heterocycles. The minimum atomic E-state index is -4.08. The van der Waals surface area contributed by atoms with Gasteiger partial charge in [0.05, 0.1) is 28.7 Å². The molecule has 3 unspecified atom stereocenters. The minimum Gasteiger partial charge on any atom is -0.454 e. The lowest BCUT2D eigenvalue weighted by Crippen LogP contribution is -2.52. The second kappa shape index (κ2) is 15.4. The average molecular weight is 674 g/mol. The molecule has 3 atom stereocenters. The number of hydrogen-bond acceptors (Lipinski definition) is 8. The number of carbonyl (C=O) groups is 1. The molecule has 0 saturated heterocycles. The third-order valence-electron chi connectivity index (χ3n) is 7.66. The van der Waals surface area contributed by atoms with Gasteiger partial charge in [-0.05, 0) is 35.6 Å². The quantitative estimate of drug-likeness (QED) is 0.236. The standard InChI is InChI=1S/C33H43N3O8S2/c1-24(2)19-36(46(41,42)28-15-16-31-32(18-28)44-23-43-31)21-30(37)29(17-26-11-7-5-8-12-26)34-33(38)25(3)22-45(39,40)35(4)20-27-13-9-6-10-14-27/h5-16,18,24-25,29-30,37H,17,19-23H2,1-4H3,(H,34,38). The van der Waals surface area contributed by atoms with Gasteiger partial charge in [-0.3, -0.25) is 4.79 Å². The van der Waals surface area contributed by atoms with Crippen LogP contribution in [0.4, 0.5) is 0 Å². The third kappa shape index (κ3) is 9.29. The lowest BCUT2D eigenvalue weighted by molar-refractivity contribution is -0.125. The molecule has 0 bridgehead atoms. The summed E-state index contributed by atoms with van der Waals surface area (Å²) in [5.41, 5.74) is 1.63. The summed E-state index contributed by atoms with van der Waals surface area (Å²) in [4.78, 5) is 13.4. The molecular formula is C33H43N3O8S2. The lowest BCUT2D eigenvalue weighted by Gasteiger charge is -2.31. The first-order valence-corrected chi connectivity index (χ1v) is 18.2. The Hall–Kier alpha value is -3.49. The van der Waals surface area contributed by atoms with Crippen molar-refractivity contribution in [2.45, 2.75) is 50.8 Å². The first kappa shape index (κ1) is 35.4. The number of sulfonamides is 2. The molecule has 4 rings (SSSR count). The first-order chi connectivity index (χ1) is 21.8. The summed E-state index contributed by atoms with van der Waals surface area (Å²) in [6.45, 7) is 5.22. The summed E-state index contributed by atoms with van der Waals surface area (Å²) < 4.78 is 67.0. The van der Waals surface area contributed by atoms with Crippen molar-refractivity contribution >= 4 is 26.0 Å². The summed E-state index contributed by atoms with van der Waals surface area (Å²) in [6, 6.07) is 21.8. The van der Waals surface area contributed by atoms with Gasteiger partial charge in [0.15, 0.2) is 11.5 Å². The van der Waals surface area contributed by atoms with Crippen molar-refractivity contribution in [1.29, 1.82) is 0 Å². The fourth-order valence-corrected chi connectivity index (χ4v) is 8.16. The molecule has 2 N–H and O–H groups in total. The van der Waals surface area contributed by atoms with Gasteiger partial charge >= 0.3 is 0 Å². The van der Waals surface area contributed by atoms with Crippen LogP contribution in [0.25, 0.3) is 0 Å². The monoisotopic (exact) mass is 673 g/mol. The molecule has 0 fully saturated rings. The smallest absolute Gasteiger partial charge is 0.243 e. The summed E-state index contributed by atoms with van der Waals surface area (Å²) in [7, 11) is -6.41. The van der Waals surface area contributed by atoms with Crippen LogP contribution in [-0.4, -0.2) is 81.3 Å². The molecule has 3 aromatic rings. The van der Waals surface area contributed by atoms with Crippen LogP contribution in [0.15, 0.2) is 83.8 Å². The Morgan fingerprint density at radius 2 is 1.48 bits per heavy atom. The normalized spacial score (nSPS) is 15.2. The van der Waals surface area contributed by atoms with E-state index in [1.165, 1.54) is 40.8 Å². The summed E-state index contributed by atoms with van der Waals surface area (Å²) >= 11 is 0. The van der Waals surface area contributed by atoms with E-state index in [0.29, 0.717) is 11.5 Å². The highest BCUT2D eigenvalue weighted by Crippen LogP contribution is 2.35. The first-order valence-electron chi connectivity index (χ1n) is 15.2. The lowest BCUT2D eigenvalue weighted by atomic mass is 10.00. The Morgan fingerprint density at radius 3 is 2.11 bits per heavy atom. The number of carbonyl (C=O) groups excluding carboxylic acids is 1. The van der Waals surface area contributed by atoms with Gasteiger partial charge in [0.25, 0.3) is 0 Å². The van der Waals surface area contributed by atoms with E-state index in [0.717, 1.165) is 11.1 Å². The molecule has 1 aliphatic heterocycles. The number of aliphatic hydroxyl groups is 1. The van der Waals surface area contributed by atoms with Crippen LogP contribution >= 0.6 is 0 Å². The third-order valence-corrected chi connectivity index (χ3v) is 11.5. The van der Waals surface area contributed by atoms with Crippen molar-refractivity contribution in [1.82, 2.24) is 13.9 Å². The topological polar surface area (TPSA) is 143 Å². The van der Waals surface area contributed by atoms with E-state index < -0.39 is 49.8 Å². The fourth-order valence-electron chi connectivity index (χ4n) is 5.13. The Bertz CT molecular complexity index is 1670. The van der Waals surface area contributed by atoms with Crippen LogP contribution in [0.1, 0.15) is 31.9 Å². The number of fused-ring (bicyclic) bond motifs is 1. The zero-order valence-electron chi connectivity index (χ0n) is 26.6. The molecule has 250 valence electrons. The van der Waals surface area contributed by atoms with Crippen LogP contribution in [0.3, 0.4) is 0 Å². The van der Waals surface area contributed by atoms with E-state index >= 15 is 0 Å². The number of aliphatic hydroxyl groups excluding tert-OH is 1. The zero-order chi connectivity index (χ0) is 33.5. The fraction of sp³-hybridized carbons (Fsp3) is 0.424. The maximum Gasteiger partial charge on any atom is 0.243 e. The van der Waals surface area contributed by atoms with Crippen molar-refractivity contribution in [3.8, 4) is 11.5 Å². The summed E-state index contributed by atoms with van der Waals surface area (Å²) in [5.74, 6) is -1.25. The van der Waals surface area contributed by atoms with E-state index in [1.807, 2.05) is 74.5 Å². The van der Waals surface area contributed by atoms with Gasteiger partial charge in [0.2, 0.25) is 32.7 Å². The van der Waals surface area contributed by atoms with E-state index in [-0.39, 0.29) is 43.7 Å². The van der Waals surface area contributed by atoms with E-state index in [4.69, 9.17) is 9.47 Å². The summed E-state index contributed by atoms with van der Waals surface area (Å²) in [5, 5.41) is 14.4. The molecular weight excluding hydrogens is 631 g/mol. The number of nitrogens with zero attached hydrogens (tertiary/aromatic N) is 2. The van der Waals surface area contributed by atoms with Gasteiger partial charge in [-0.2, -0.15) is 4.31 Å². The number of hydrogen-bond donors (Lipinski definition) is 2. The van der Waals surface area contributed by atoms with Gasteiger partial charge in [-0.25, -0.2) is 21.1 Å². The highest BCUT2D eigenvalue weighted by Gasteiger charge is 2.34. The van der Waals surface area contributed by atoms with Crippen LogP contribution in [0, 0.1) is 11.8 Å². The van der Waals surface area contributed by atoms with Gasteiger partial charge in [0.1, 0.15) is 0 Å². The molecule has 46 heavy (non-hydrogen) atoms. The van der Waals surface area contributed by atoms with Crippen molar-refractivity contribution in [3.05, 3.63) is 90.0 Å². The van der Waals surface area contributed by atoms with Gasteiger partial charge in [-0.15, -0.1) is 0 Å². The Balaban J connectivity index is 1.52. The van der Waals surface area contributed by atoms with Crippen molar-refractivity contribution < 1.29 is 36.2 Å². The van der Waals surface area contributed by atoms with E-state index in [1.54, 1.807) is 0 Å². The maximum atomic E-state index is 13.8. The molecule has 1 aliphatic rings. The number of ether oxygens (including phenoxy) is 2. The number of amides is 1. The number of rotatable bonds is 16. The Morgan fingerprint density at radius 1 is 0.870 bits per heavy atom. The van der Waals surface area contributed by atoms with Crippen LogP contribution in [0.5, 0.6) is 11.5 Å². The highest BCUT2D eigenvalue weighted by atomic mass is 32.2. The molecule has 0 radical (unpaired) electrons. The average Bonchev–Trinajstić information content (AvgIpc) is 3.49. The van der Waals surface area contributed by atoms with Crippen LogP contribution in [-0.2, 0) is 37.8 Å². The van der Waals surface area contributed by atoms with Crippen molar-refractivity contribution in [3.63, 3.8) is 0 Å². The van der Waals surface area contributed by atoms with Crippen LogP contribution in [0.2, 0.25) is 0 Å². The molecule has 3 aromatic carbocycles. The summed E-state index contributed by atoms with van der Waals surface area (Å²) in [6.07, 6.45) is -1.13. The molecule has 13 heteroatoms. The molecule has 11 nitrogen and oxygen atoms in total. The van der Waals surface area contributed by atoms with Gasteiger partial charge < -0.3 is 19.9 Å². The maximum absolute atomic E-state index is 13.8. The molecule has 1 heterocycles. The number of benzene rings is 3. The Labute approximate surface area is 272 Å². The van der Waals surface area contributed by atoms with Gasteiger partial charge in [0, 0.05) is 32.7 Å². The van der Waals surface area contributed by atoms with Crippen molar-refractivity contribution in [2.75, 3.05) is 32.7 Å². The number of nitrogens with one attached hydrogen (secondary N) is 1. The predicted molar refractivity (Wildman–Crippen MR) is 175 cm³/mol. The predicted octanol–water partition coefficient (Wildman–Crippen LogP) is 3.25. The SMILES string of the molecule is CC(C)CN(CC(O)C(Cc1ccccc1)NC(=O)C(C)CS(=O)(=O)N(C)Cc1ccccc1)S(=O)(=O)c1ccc2c(c1)OCO2. The van der Waals surface area contributed by atoms with Crippen molar-refractivity contribution in [2.24, 2.45) is 11.8 Å². The molecule has 0 spiro atoms. The second-order valence-electron chi connectivity index (χ2n) is 12.0. The zero-order valence-corrected chi connectivity index (χ0v) is 28.2. The Kier molecular flexibility index (Phi) is 11.8. The van der Waals surface area contributed by atoms with E-state index in [2.05, 4.69) is 5.32 Å². The minimum absolute atomic E-state index is 0.00282.